The zero-order valence-corrected chi connectivity index (χ0v) is 11.9. The number of benzene rings is 1. The molecular weight excluding hydrogens is 294 g/mol. The number of nitrogens with two attached hydrogens (primary N) is 1. The van der Waals surface area contributed by atoms with Crippen molar-refractivity contribution in [3.05, 3.63) is 51.9 Å². The molecule has 0 aliphatic carbocycles. The van der Waals surface area contributed by atoms with Gasteiger partial charge in [0.2, 0.25) is 0 Å². The van der Waals surface area contributed by atoms with Crippen LogP contribution in [0.15, 0.2) is 28.7 Å². The van der Waals surface area contributed by atoms with E-state index in [-0.39, 0.29) is 12.4 Å². The second-order valence-electron chi connectivity index (χ2n) is 4.24. The van der Waals surface area contributed by atoms with Crippen molar-refractivity contribution in [2.45, 2.75) is 13.5 Å². The summed E-state index contributed by atoms with van der Waals surface area (Å²) in [6.45, 7) is 1.86. The minimum Gasteiger partial charge on any atom is -0.486 e. The summed E-state index contributed by atoms with van der Waals surface area (Å²) < 4.78 is 10.9. The predicted octanol–water partition coefficient (Wildman–Crippen LogP) is 2.30. The van der Waals surface area contributed by atoms with Crippen LogP contribution in [-0.2, 0) is 6.61 Å². The molecule has 0 bridgehead atoms. The minimum atomic E-state index is -0.500. The number of nitrogens with zero attached hydrogens (tertiary/aromatic N) is 1. The van der Waals surface area contributed by atoms with Crippen LogP contribution in [0.2, 0.25) is 5.02 Å². The van der Waals surface area contributed by atoms with Crippen molar-refractivity contribution in [2.75, 3.05) is 0 Å². The van der Waals surface area contributed by atoms with Crippen molar-refractivity contribution in [2.24, 2.45) is 5.84 Å². The average Bonchev–Trinajstić information content (AvgIpc) is 2.85. The van der Waals surface area contributed by atoms with Gasteiger partial charge < -0.3 is 9.15 Å². The first-order valence-electron chi connectivity index (χ1n) is 5.98. The van der Waals surface area contributed by atoms with Crippen LogP contribution in [0.4, 0.5) is 0 Å². The Kier molecular flexibility index (Phi) is 4.48. The lowest BCUT2D eigenvalue weighted by atomic mass is 10.2. The maximum atomic E-state index is 11.4. The smallest absolute Gasteiger partial charge is 0.301 e. The molecule has 1 aromatic heterocycles. The van der Waals surface area contributed by atoms with Crippen molar-refractivity contribution >= 4 is 17.5 Å². The van der Waals surface area contributed by atoms with Gasteiger partial charge in [0.25, 0.3) is 0 Å². The number of hydrogen-bond acceptors (Lipinski definition) is 5. The Balaban J connectivity index is 2.08. The summed E-state index contributed by atoms with van der Waals surface area (Å²) in [6, 6.07) is 8.40. The zero-order chi connectivity index (χ0) is 15.4. The molecule has 0 aliphatic heterocycles. The predicted molar refractivity (Wildman–Crippen MR) is 75.6 cm³/mol. The second-order valence-corrected chi connectivity index (χ2v) is 4.65. The highest BCUT2D eigenvalue weighted by atomic mass is 35.5. The fraction of sp³-hybridized carbons (Fsp3) is 0.143. The van der Waals surface area contributed by atoms with Crippen LogP contribution in [0.25, 0.3) is 0 Å². The molecule has 0 atom stereocenters. The number of nitriles is 1. The van der Waals surface area contributed by atoms with Crippen LogP contribution in [0.5, 0.6) is 5.75 Å². The van der Waals surface area contributed by atoms with Gasteiger partial charge in [0, 0.05) is 11.6 Å². The summed E-state index contributed by atoms with van der Waals surface area (Å²) in [5.41, 5.74) is 3.04. The molecule has 0 spiro atoms. The molecule has 0 aliphatic rings. The standard InChI is InChI=1S/C14H12ClN3O3/c1-8-4-11(21-13(8)14(19)18-17)7-20-10-3-2-9(6-16)12(15)5-10/h2-5H,7,17H2,1H3,(H,18,19). The molecular formula is C14H12ClN3O3. The molecule has 0 radical (unpaired) electrons. The van der Waals surface area contributed by atoms with Gasteiger partial charge in [-0.3, -0.25) is 10.2 Å². The van der Waals surface area contributed by atoms with Crippen LogP contribution in [0.3, 0.4) is 0 Å². The van der Waals surface area contributed by atoms with Crippen LogP contribution >= 0.6 is 11.6 Å². The molecule has 1 aromatic carbocycles. The summed E-state index contributed by atoms with van der Waals surface area (Å²) in [6.07, 6.45) is 0. The van der Waals surface area contributed by atoms with Crippen LogP contribution < -0.4 is 16.0 Å². The van der Waals surface area contributed by atoms with Crippen LogP contribution in [0, 0.1) is 18.3 Å². The molecule has 3 N–H and O–H groups in total. The Morgan fingerprint density at radius 3 is 2.90 bits per heavy atom. The highest BCUT2D eigenvalue weighted by Crippen LogP contribution is 2.23. The average molecular weight is 306 g/mol. The molecule has 108 valence electrons. The number of carbonyl (C=O) groups excluding carboxylic acids is 1. The number of amides is 1. The van der Waals surface area contributed by atoms with Gasteiger partial charge in [-0.1, -0.05) is 11.6 Å². The van der Waals surface area contributed by atoms with Gasteiger partial charge in [0.1, 0.15) is 24.2 Å². The highest BCUT2D eigenvalue weighted by Gasteiger charge is 2.15. The van der Waals surface area contributed by atoms with Gasteiger partial charge in [-0.2, -0.15) is 5.26 Å². The highest BCUT2D eigenvalue weighted by molar-refractivity contribution is 6.31. The number of nitrogens with one attached hydrogen (secondary N) is 1. The summed E-state index contributed by atoms with van der Waals surface area (Å²) in [5, 5.41) is 9.10. The van der Waals surface area contributed by atoms with Gasteiger partial charge in [-0.25, -0.2) is 5.84 Å². The molecule has 7 heteroatoms. The van der Waals surface area contributed by atoms with E-state index in [0.717, 1.165) is 0 Å². The molecule has 0 unspecified atom stereocenters. The Labute approximate surface area is 126 Å². The number of halogens is 1. The third-order valence-corrected chi connectivity index (χ3v) is 3.06. The molecule has 1 heterocycles. The van der Waals surface area contributed by atoms with E-state index >= 15 is 0 Å². The fourth-order valence-electron chi connectivity index (χ4n) is 1.74. The number of hydrogen-bond donors (Lipinski definition) is 2. The number of ether oxygens (including phenoxy) is 1. The Morgan fingerprint density at radius 1 is 1.52 bits per heavy atom. The maximum absolute atomic E-state index is 11.4. The molecule has 6 nitrogen and oxygen atoms in total. The summed E-state index contributed by atoms with van der Waals surface area (Å²) >= 11 is 5.91. The molecule has 21 heavy (non-hydrogen) atoms. The first-order chi connectivity index (χ1) is 10.0. The largest absolute Gasteiger partial charge is 0.486 e. The van der Waals surface area contributed by atoms with E-state index in [9.17, 15) is 4.79 Å². The minimum absolute atomic E-state index is 0.126. The summed E-state index contributed by atoms with van der Waals surface area (Å²) in [4.78, 5) is 11.4. The first-order valence-corrected chi connectivity index (χ1v) is 6.35. The fourth-order valence-corrected chi connectivity index (χ4v) is 1.95. The normalized spacial score (nSPS) is 10.0. The number of hydrazine groups is 1. The van der Waals surface area contributed by atoms with Crippen molar-refractivity contribution in [3.8, 4) is 11.8 Å². The molecule has 2 aromatic rings. The van der Waals surface area contributed by atoms with Crippen molar-refractivity contribution in [1.29, 1.82) is 5.26 Å². The second kappa shape index (κ2) is 6.31. The monoisotopic (exact) mass is 305 g/mol. The molecule has 2 rings (SSSR count). The quantitative estimate of drug-likeness (QED) is 0.512. The Morgan fingerprint density at radius 2 is 2.29 bits per heavy atom. The van der Waals surface area contributed by atoms with Crippen molar-refractivity contribution in [3.63, 3.8) is 0 Å². The third kappa shape index (κ3) is 3.34. The van der Waals surface area contributed by atoms with Crippen LogP contribution in [-0.4, -0.2) is 5.91 Å². The first kappa shape index (κ1) is 14.9. The van der Waals surface area contributed by atoms with Gasteiger partial charge in [0.05, 0.1) is 10.6 Å². The summed E-state index contributed by atoms with van der Waals surface area (Å²) in [5.74, 6) is 5.68. The Bertz CT molecular complexity index is 719. The zero-order valence-electron chi connectivity index (χ0n) is 11.1. The van der Waals surface area contributed by atoms with Gasteiger partial charge >= 0.3 is 5.91 Å². The third-order valence-electron chi connectivity index (χ3n) is 2.75. The van der Waals surface area contributed by atoms with Gasteiger partial charge in [-0.15, -0.1) is 0 Å². The van der Waals surface area contributed by atoms with Gasteiger partial charge in [-0.05, 0) is 25.1 Å². The lowest BCUT2D eigenvalue weighted by Gasteiger charge is -2.05. The lowest BCUT2D eigenvalue weighted by molar-refractivity contribution is 0.0921. The molecule has 0 saturated carbocycles. The SMILES string of the molecule is Cc1cc(COc2ccc(C#N)c(Cl)c2)oc1C(=O)NN. The topological polar surface area (TPSA) is 101 Å². The molecule has 1 amide bonds. The van der Waals surface area contributed by atoms with E-state index in [0.29, 0.717) is 27.7 Å². The van der Waals surface area contributed by atoms with Crippen molar-refractivity contribution in [1.82, 2.24) is 5.43 Å². The summed E-state index contributed by atoms with van der Waals surface area (Å²) in [7, 11) is 0. The number of aryl methyl sites for hydroxylation is 1. The van der Waals surface area contributed by atoms with E-state index in [4.69, 9.17) is 31.9 Å². The molecule has 0 saturated heterocycles. The van der Waals surface area contributed by atoms with E-state index in [2.05, 4.69) is 0 Å². The number of furan rings is 1. The van der Waals surface area contributed by atoms with Crippen LogP contribution in [0.1, 0.15) is 27.4 Å². The number of carbonyl (C=O) groups is 1. The van der Waals surface area contributed by atoms with E-state index in [1.807, 2.05) is 11.5 Å². The number of rotatable bonds is 4. The van der Waals surface area contributed by atoms with E-state index in [1.165, 1.54) is 0 Å². The van der Waals surface area contributed by atoms with E-state index in [1.54, 1.807) is 31.2 Å². The van der Waals surface area contributed by atoms with E-state index < -0.39 is 5.91 Å². The number of nitrogen functional groups attached to an aromatic ring is 1. The maximum Gasteiger partial charge on any atom is 0.301 e. The Hall–Kier alpha value is -2.49. The van der Waals surface area contributed by atoms with Gasteiger partial charge in [0.15, 0.2) is 5.76 Å². The lowest BCUT2D eigenvalue weighted by Crippen LogP contribution is -2.30. The molecule has 0 fully saturated rings. The van der Waals surface area contributed by atoms with Crippen molar-refractivity contribution < 1.29 is 13.9 Å².